The van der Waals surface area contributed by atoms with Crippen LogP contribution in [0.3, 0.4) is 0 Å². The fraction of sp³-hybridized carbons (Fsp3) is 0. The number of aromatic nitrogens is 3. The molecule has 27 heavy (non-hydrogen) atoms. The Bertz CT molecular complexity index is 1330. The van der Waals surface area contributed by atoms with Crippen LogP contribution >= 0.6 is 11.3 Å². The first-order valence-corrected chi connectivity index (χ1v) is 9.21. The Labute approximate surface area is 157 Å². The van der Waals surface area contributed by atoms with E-state index in [0.717, 1.165) is 16.9 Å². The van der Waals surface area contributed by atoms with Crippen molar-refractivity contribution in [2.24, 2.45) is 0 Å². The van der Waals surface area contributed by atoms with Crippen LogP contribution in [0.5, 0.6) is 0 Å². The average Bonchev–Trinajstić information content (AvgIpc) is 3.41. The number of thiazole rings is 1. The molecule has 6 heteroatoms. The third-order valence-electron chi connectivity index (χ3n) is 4.17. The molecule has 0 N–H and O–H groups in total. The van der Waals surface area contributed by atoms with Crippen molar-refractivity contribution in [3.8, 4) is 22.7 Å². The fourth-order valence-electron chi connectivity index (χ4n) is 2.86. The first kappa shape index (κ1) is 15.7. The van der Waals surface area contributed by atoms with Gasteiger partial charge in [0.05, 0.1) is 0 Å². The molecule has 0 atom stereocenters. The number of hydrogen-bond donors (Lipinski definition) is 0. The lowest BCUT2D eigenvalue weighted by Crippen LogP contribution is -2.23. The minimum absolute atomic E-state index is 0.192. The zero-order valence-corrected chi connectivity index (χ0v) is 14.9. The van der Waals surface area contributed by atoms with Gasteiger partial charge in [-0.3, -0.25) is 4.79 Å². The maximum absolute atomic E-state index is 12.7. The second-order valence-electron chi connectivity index (χ2n) is 5.98. The summed E-state index contributed by atoms with van der Waals surface area (Å²) in [6, 6.07) is 23.2. The topological polar surface area (TPSA) is 60.4 Å². The van der Waals surface area contributed by atoms with Gasteiger partial charge in [0, 0.05) is 17.2 Å². The number of benzene rings is 2. The zero-order chi connectivity index (χ0) is 18.2. The maximum Gasteiger partial charge on any atom is 0.291 e. The summed E-state index contributed by atoms with van der Waals surface area (Å²) in [5.41, 5.74) is 1.69. The van der Waals surface area contributed by atoms with Crippen LogP contribution in [0.4, 0.5) is 0 Å². The molecule has 0 saturated carbocycles. The average molecular weight is 371 g/mol. The Hall–Kier alpha value is -3.51. The summed E-state index contributed by atoms with van der Waals surface area (Å²) in [4.78, 5) is 17.7. The van der Waals surface area contributed by atoms with E-state index >= 15 is 0 Å². The molecule has 0 fully saturated rings. The Balaban J connectivity index is 1.54. The molecule has 5 aromatic rings. The highest BCUT2D eigenvalue weighted by Crippen LogP contribution is 2.22. The van der Waals surface area contributed by atoms with Crippen molar-refractivity contribution in [3.05, 3.63) is 93.4 Å². The van der Waals surface area contributed by atoms with E-state index in [-0.39, 0.29) is 5.56 Å². The summed E-state index contributed by atoms with van der Waals surface area (Å²) in [6.07, 6.45) is 1.73. The normalized spacial score (nSPS) is 12.1. The third-order valence-corrected chi connectivity index (χ3v) is 5.13. The van der Waals surface area contributed by atoms with Crippen LogP contribution in [0.2, 0.25) is 0 Å². The van der Waals surface area contributed by atoms with Crippen LogP contribution in [0, 0.1) is 0 Å². The SMILES string of the molecule is O=c1c(=Cc2ccc(-c3ccccc3)o2)sc2nc(-c3ccccc3)nn12. The van der Waals surface area contributed by atoms with E-state index in [9.17, 15) is 4.79 Å². The van der Waals surface area contributed by atoms with Crippen LogP contribution in [0.15, 0.2) is 82.0 Å². The minimum atomic E-state index is -0.192. The first-order chi connectivity index (χ1) is 13.3. The molecule has 3 heterocycles. The molecule has 0 spiro atoms. The van der Waals surface area contributed by atoms with Crippen LogP contribution in [0.25, 0.3) is 33.7 Å². The summed E-state index contributed by atoms with van der Waals surface area (Å²) in [6.45, 7) is 0. The van der Waals surface area contributed by atoms with E-state index in [1.165, 1.54) is 15.9 Å². The molecule has 2 aromatic carbocycles. The van der Waals surface area contributed by atoms with Gasteiger partial charge in [0.2, 0.25) is 4.96 Å². The van der Waals surface area contributed by atoms with Gasteiger partial charge in [-0.1, -0.05) is 72.0 Å². The van der Waals surface area contributed by atoms with Crippen molar-refractivity contribution in [3.63, 3.8) is 0 Å². The predicted molar refractivity (Wildman–Crippen MR) is 105 cm³/mol. The van der Waals surface area contributed by atoms with Crippen molar-refractivity contribution in [2.45, 2.75) is 0 Å². The molecule has 5 rings (SSSR count). The number of fused-ring (bicyclic) bond motifs is 1. The molecule has 0 radical (unpaired) electrons. The minimum Gasteiger partial charge on any atom is -0.457 e. The van der Waals surface area contributed by atoms with Gasteiger partial charge in [-0.25, -0.2) is 0 Å². The van der Waals surface area contributed by atoms with E-state index in [1.54, 1.807) is 6.08 Å². The van der Waals surface area contributed by atoms with Gasteiger partial charge < -0.3 is 4.42 Å². The molecule has 0 amide bonds. The molecule has 3 aromatic heterocycles. The number of nitrogens with zero attached hydrogens (tertiary/aromatic N) is 3. The largest absolute Gasteiger partial charge is 0.457 e. The van der Waals surface area contributed by atoms with Crippen molar-refractivity contribution in [2.75, 3.05) is 0 Å². The van der Waals surface area contributed by atoms with Gasteiger partial charge in [-0.15, -0.1) is 5.10 Å². The van der Waals surface area contributed by atoms with Gasteiger partial charge in [0.15, 0.2) is 5.82 Å². The lowest BCUT2D eigenvalue weighted by molar-refractivity contribution is 0.571. The molecular formula is C21H13N3O2S. The van der Waals surface area contributed by atoms with Crippen molar-refractivity contribution < 1.29 is 4.42 Å². The first-order valence-electron chi connectivity index (χ1n) is 8.40. The molecule has 0 unspecified atom stereocenters. The molecule has 0 aliphatic rings. The van der Waals surface area contributed by atoms with E-state index in [0.29, 0.717) is 21.1 Å². The summed E-state index contributed by atoms with van der Waals surface area (Å²) in [5.74, 6) is 1.94. The van der Waals surface area contributed by atoms with E-state index in [4.69, 9.17) is 4.42 Å². The molecule has 0 saturated heterocycles. The molecular weight excluding hydrogens is 358 g/mol. The Morgan fingerprint density at radius 2 is 1.59 bits per heavy atom. The second kappa shape index (κ2) is 6.34. The summed E-state index contributed by atoms with van der Waals surface area (Å²) >= 11 is 1.30. The molecule has 0 aliphatic heterocycles. The lowest BCUT2D eigenvalue weighted by atomic mass is 10.2. The number of hydrogen-bond acceptors (Lipinski definition) is 5. The van der Waals surface area contributed by atoms with Gasteiger partial charge in [0.25, 0.3) is 5.56 Å². The van der Waals surface area contributed by atoms with Gasteiger partial charge >= 0.3 is 0 Å². The fourth-order valence-corrected chi connectivity index (χ4v) is 3.75. The lowest BCUT2D eigenvalue weighted by Gasteiger charge is -1.94. The smallest absolute Gasteiger partial charge is 0.291 e. The van der Waals surface area contributed by atoms with Crippen molar-refractivity contribution >= 4 is 22.4 Å². The predicted octanol–water partition coefficient (Wildman–Crippen LogP) is 3.63. The van der Waals surface area contributed by atoms with Crippen LogP contribution in [0.1, 0.15) is 5.76 Å². The summed E-state index contributed by atoms with van der Waals surface area (Å²) < 4.78 is 7.74. The molecule has 130 valence electrons. The Morgan fingerprint density at radius 1 is 0.889 bits per heavy atom. The summed E-state index contributed by atoms with van der Waals surface area (Å²) in [7, 11) is 0. The van der Waals surface area contributed by atoms with E-state index in [2.05, 4.69) is 10.1 Å². The van der Waals surface area contributed by atoms with Gasteiger partial charge in [-0.2, -0.15) is 9.50 Å². The molecule has 5 nitrogen and oxygen atoms in total. The second-order valence-corrected chi connectivity index (χ2v) is 6.99. The van der Waals surface area contributed by atoms with E-state index < -0.39 is 0 Å². The monoisotopic (exact) mass is 371 g/mol. The van der Waals surface area contributed by atoms with Crippen molar-refractivity contribution in [1.29, 1.82) is 0 Å². The van der Waals surface area contributed by atoms with Gasteiger partial charge in [0.1, 0.15) is 16.1 Å². The highest BCUT2D eigenvalue weighted by atomic mass is 32.1. The molecule has 0 bridgehead atoms. The van der Waals surface area contributed by atoms with Crippen LogP contribution in [-0.4, -0.2) is 14.6 Å². The third kappa shape index (κ3) is 2.86. The van der Waals surface area contributed by atoms with Crippen LogP contribution in [-0.2, 0) is 0 Å². The molecule has 0 aliphatic carbocycles. The standard InChI is InChI=1S/C21H13N3O2S/c25-20-18(13-16-11-12-17(26-16)14-7-3-1-4-8-14)27-21-22-19(23-24(20)21)15-9-5-2-6-10-15/h1-13H. The van der Waals surface area contributed by atoms with E-state index in [1.807, 2.05) is 72.8 Å². The highest BCUT2D eigenvalue weighted by Gasteiger charge is 2.12. The highest BCUT2D eigenvalue weighted by molar-refractivity contribution is 7.15. The van der Waals surface area contributed by atoms with Gasteiger partial charge in [-0.05, 0) is 12.1 Å². The van der Waals surface area contributed by atoms with Crippen LogP contribution < -0.4 is 10.1 Å². The number of furan rings is 1. The maximum atomic E-state index is 12.7. The van der Waals surface area contributed by atoms with Crippen molar-refractivity contribution in [1.82, 2.24) is 14.6 Å². The summed E-state index contributed by atoms with van der Waals surface area (Å²) in [5, 5.41) is 4.35. The Kier molecular flexibility index (Phi) is 3.69. The number of rotatable bonds is 3. The Morgan fingerprint density at radius 3 is 2.30 bits per heavy atom. The quantitative estimate of drug-likeness (QED) is 0.486. The zero-order valence-electron chi connectivity index (χ0n) is 14.1.